The maximum atomic E-state index is 13.0. The van der Waals surface area contributed by atoms with Crippen molar-refractivity contribution in [2.24, 2.45) is 0 Å². The van der Waals surface area contributed by atoms with Gasteiger partial charge in [0.1, 0.15) is 6.10 Å². The van der Waals surface area contributed by atoms with E-state index in [9.17, 15) is 19.7 Å². The number of carbonyl (C=O) groups is 2. The average molecular weight is 387 g/mol. The van der Waals surface area contributed by atoms with Crippen LogP contribution in [0.2, 0.25) is 0 Å². The van der Waals surface area contributed by atoms with Crippen LogP contribution in [-0.2, 0) is 9.53 Å². The van der Waals surface area contributed by atoms with Crippen molar-refractivity contribution in [1.82, 2.24) is 10.6 Å². The SMILES string of the molecule is CC1=C(C(=O)OC2CCCCCCC2)[C@H](c2ccc([N+](=O)[O-])cc2)NC(=O)N1. The van der Waals surface area contributed by atoms with Crippen LogP contribution >= 0.6 is 0 Å². The van der Waals surface area contributed by atoms with Gasteiger partial charge in [-0.15, -0.1) is 0 Å². The van der Waals surface area contributed by atoms with Gasteiger partial charge in [0.15, 0.2) is 0 Å². The van der Waals surface area contributed by atoms with Crippen LogP contribution in [0.1, 0.15) is 63.5 Å². The third-order valence-corrected chi connectivity index (χ3v) is 5.25. The van der Waals surface area contributed by atoms with Gasteiger partial charge in [0.25, 0.3) is 5.69 Å². The number of benzene rings is 1. The Morgan fingerprint density at radius 1 is 1.11 bits per heavy atom. The van der Waals surface area contributed by atoms with Gasteiger partial charge in [-0.05, 0) is 50.3 Å². The molecule has 2 aliphatic rings. The number of carbonyl (C=O) groups excluding carboxylic acids is 2. The fourth-order valence-electron chi connectivity index (χ4n) is 3.75. The van der Waals surface area contributed by atoms with E-state index < -0.39 is 23.0 Å². The number of nitro groups is 1. The summed E-state index contributed by atoms with van der Waals surface area (Å²) in [4.78, 5) is 35.3. The molecule has 2 amide bonds. The zero-order valence-electron chi connectivity index (χ0n) is 15.9. The van der Waals surface area contributed by atoms with Crippen molar-refractivity contribution in [2.45, 2.75) is 64.0 Å². The lowest BCUT2D eigenvalue weighted by Crippen LogP contribution is -2.45. The molecule has 150 valence electrons. The van der Waals surface area contributed by atoms with Gasteiger partial charge < -0.3 is 15.4 Å². The van der Waals surface area contributed by atoms with E-state index in [1.54, 1.807) is 19.1 Å². The van der Waals surface area contributed by atoms with E-state index in [1.165, 1.54) is 18.6 Å². The lowest BCUT2D eigenvalue weighted by atomic mass is 9.95. The predicted octanol–water partition coefficient (Wildman–Crippen LogP) is 3.88. The van der Waals surface area contributed by atoms with E-state index in [2.05, 4.69) is 10.6 Å². The summed E-state index contributed by atoms with van der Waals surface area (Å²) in [6.45, 7) is 1.66. The van der Waals surface area contributed by atoms with Gasteiger partial charge in [-0.25, -0.2) is 9.59 Å². The molecule has 1 heterocycles. The number of non-ortho nitro benzene ring substituents is 1. The predicted molar refractivity (Wildman–Crippen MR) is 102 cm³/mol. The van der Waals surface area contributed by atoms with Crippen LogP contribution in [-0.4, -0.2) is 23.0 Å². The molecule has 0 unspecified atom stereocenters. The van der Waals surface area contributed by atoms with Gasteiger partial charge in [0.05, 0.1) is 16.5 Å². The fraction of sp³-hybridized carbons (Fsp3) is 0.500. The van der Waals surface area contributed by atoms with E-state index in [-0.39, 0.29) is 11.8 Å². The minimum absolute atomic E-state index is 0.0524. The highest BCUT2D eigenvalue weighted by Gasteiger charge is 2.33. The van der Waals surface area contributed by atoms with Crippen molar-refractivity contribution in [1.29, 1.82) is 0 Å². The van der Waals surface area contributed by atoms with Crippen molar-refractivity contribution >= 4 is 17.7 Å². The van der Waals surface area contributed by atoms with Gasteiger partial charge in [0, 0.05) is 17.8 Å². The molecule has 1 aliphatic carbocycles. The largest absolute Gasteiger partial charge is 0.459 e. The number of nitro benzene ring substituents is 1. The molecule has 1 aromatic carbocycles. The number of ether oxygens (including phenoxy) is 1. The first-order valence-electron chi connectivity index (χ1n) is 9.69. The smallest absolute Gasteiger partial charge is 0.338 e. The number of hydrogen-bond donors (Lipinski definition) is 2. The molecule has 0 spiro atoms. The van der Waals surface area contributed by atoms with Gasteiger partial charge >= 0.3 is 12.0 Å². The van der Waals surface area contributed by atoms with E-state index in [0.29, 0.717) is 16.8 Å². The van der Waals surface area contributed by atoms with Crippen LogP contribution in [0.25, 0.3) is 0 Å². The Labute approximate surface area is 163 Å². The summed E-state index contributed by atoms with van der Waals surface area (Å²) in [5.74, 6) is -0.459. The van der Waals surface area contributed by atoms with Gasteiger partial charge in [-0.2, -0.15) is 0 Å². The molecule has 8 heteroatoms. The Balaban J connectivity index is 1.82. The van der Waals surface area contributed by atoms with E-state index >= 15 is 0 Å². The third kappa shape index (κ3) is 4.68. The standard InChI is InChI=1S/C20H25N3O5/c1-13-17(19(24)28-16-7-5-3-2-4-6-8-16)18(22-20(25)21-13)14-9-11-15(12-10-14)23(26)27/h9-12,16,18H,2-8H2,1H3,(H2,21,22,25)/t18-/m0/s1. The van der Waals surface area contributed by atoms with Gasteiger partial charge in [-0.3, -0.25) is 10.1 Å². The van der Waals surface area contributed by atoms with Crippen LogP contribution in [0.5, 0.6) is 0 Å². The minimum Gasteiger partial charge on any atom is -0.459 e. The zero-order chi connectivity index (χ0) is 20.1. The maximum absolute atomic E-state index is 13.0. The lowest BCUT2D eigenvalue weighted by Gasteiger charge is -2.29. The van der Waals surface area contributed by atoms with Crippen molar-refractivity contribution in [2.75, 3.05) is 0 Å². The molecule has 1 aromatic rings. The first-order chi connectivity index (χ1) is 13.5. The molecule has 1 atom stereocenters. The molecular formula is C20H25N3O5. The Hall–Kier alpha value is -2.90. The van der Waals surface area contributed by atoms with Gasteiger partial charge in [0.2, 0.25) is 0 Å². The highest BCUT2D eigenvalue weighted by Crippen LogP contribution is 2.30. The second kappa shape index (κ2) is 8.86. The summed E-state index contributed by atoms with van der Waals surface area (Å²) in [6.07, 6.45) is 7.18. The van der Waals surface area contributed by atoms with Crippen LogP contribution in [0, 0.1) is 10.1 Å². The second-order valence-corrected chi connectivity index (χ2v) is 7.29. The minimum atomic E-state index is -0.712. The van der Waals surface area contributed by atoms with Crippen molar-refractivity contribution in [3.8, 4) is 0 Å². The number of allylic oxidation sites excluding steroid dienone is 1. The summed E-state index contributed by atoms with van der Waals surface area (Å²) >= 11 is 0. The lowest BCUT2D eigenvalue weighted by molar-refractivity contribution is -0.384. The number of hydrogen-bond acceptors (Lipinski definition) is 5. The molecule has 1 fully saturated rings. The van der Waals surface area contributed by atoms with Crippen LogP contribution in [0.3, 0.4) is 0 Å². The fourth-order valence-corrected chi connectivity index (χ4v) is 3.75. The summed E-state index contributed by atoms with van der Waals surface area (Å²) in [7, 11) is 0. The third-order valence-electron chi connectivity index (χ3n) is 5.25. The summed E-state index contributed by atoms with van der Waals surface area (Å²) in [6, 6.07) is 4.67. The monoisotopic (exact) mass is 387 g/mol. The molecule has 3 rings (SSSR count). The van der Waals surface area contributed by atoms with Crippen LogP contribution < -0.4 is 10.6 Å². The zero-order valence-corrected chi connectivity index (χ0v) is 15.9. The van der Waals surface area contributed by atoms with Crippen molar-refractivity contribution < 1.29 is 19.2 Å². The number of urea groups is 1. The maximum Gasteiger partial charge on any atom is 0.338 e. The Morgan fingerprint density at radius 2 is 1.71 bits per heavy atom. The number of amides is 2. The average Bonchev–Trinajstić information content (AvgIpc) is 2.63. The molecule has 0 saturated heterocycles. The molecule has 0 radical (unpaired) electrons. The molecule has 28 heavy (non-hydrogen) atoms. The summed E-state index contributed by atoms with van der Waals surface area (Å²) in [5, 5.41) is 16.2. The number of nitrogens with one attached hydrogen (secondary N) is 2. The van der Waals surface area contributed by atoms with E-state index in [4.69, 9.17) is 4.74 Å². The Kier molecular flexibility index (Phi) is 6.28. The Morgan fingerprint density at radius 3 is 2.32 bits per heavy atom. The first-order valence-corrected chi connectivity index (χ1v) is 9.69. The quantitative estimate of drug-likeness (QED) is 0.463. The molecule has 1 aliphatic heterocycles. The molecule has 0 aromatic heterocycles. The van der Waals surface area contributed by atoms with Gasteiger partial charge in [-0.1, -0.05) is 19.3 Å². The molecular weight excluding hydrogens is 362 g/mol. The van der Waals surface area contributed by atoms with Crippen LogP contribution in [0.4, 0.5) is 10.5 Å². The molecule has 2 N–H and O–H groups in total. The topological polar surface area (TPSA) is 111 Å². The normalized spacial score (nSPS) is 21.2. The van der Waals surface area contributed by atoms with E-state index in [0.717, 1.165) is 38.5 Å². The highest BCUT2D eigenvalue weighted by atomic mass is 16.6. The van der Waals surface area contributed by atoms with Crippen molar-refractivity contribution in [3.63, 3.8) is 0 Å². The molecule has 0 bridgehead atoms. The second-order valence-electron chi connectivity index (χ2n) is 7.29. The molecule has 1 saturated carbocycles. The Bertz CT molecular complexity index is 780. The first kappa shape index (κ1) is 19.9. The summed E-state index contributed by atoms with van der Waals surface area (Å²) in [5.41, 5.74) is 1.30. The summed E-state index contributed by atoms with van der Waals surface area (Å²) < 4.78 is 5.79. The number of nitrogens with zero attached hydrogens (tertiary/aromatic N) is 1. The molecule has 8 nitrogen and oxygen atoms in total. The number of rotatable bonds is 4. The van der Waals surface area contributed by atoms with Crippen molar-refractivity contribution in [3.05, 3.63) is 51.2 Å². The van der Waals surface area contributed by atoms with E-state index in [1.807, 2.05) is 0 Å². The van der Waals surface area contributed by atoms with Crippen LogP contribution in [0.15, 0.2) is 35.5 Å². The highest BCUT2D eigenvalue weighted by molar-refractivity contribution is 5.95. The number of esters is 1.